The average molecular weight is 167 g/mol. The maximum atomic E-state index is 4.41. The van der Waals surface area contributed by atoms with Gasteiger partial charge < -0.3 is 5.32 Å². The smallest absolute Gasteiger partial charge is 0.0822 e. The summed E-state index contributed by atoms with van der Waals surface area (Å²) in [6.45, 7) is 6.30. The van der Waals surface area contributed by atoms with Crippen molar-refractivity contribution in [3.8, 4) is 0 Å². The van der Waals surface area contributed by atoms with E-state index in [1.807, 2.05) is 18.8 Å². The number of hydrogen-bond donors (Lipinski definition) is 1. The monoisotopic (exact) mass is 167 g/mol. The number of hydrogen-bond acceptors (Lipinski definition) is 2. The predicted octanol–water partition coefficient (Wildman–Crippen LogP) is 1.18. The number of nitrogens with one attached hydrogen (secondary N) is 1. The fourth-order valence-electron chi connectivity index (χ4n) is 0.994. The maximum Gasteiger partial charge on any atom is 0.0822 e. The zero-order chi connectivity index (χ0) is 9.35. The normalized spacial score (nSPS) is 12.1. The van der Waals surface area contributed by atoms with E-state index < -0.39 is 0 Å². The molecule has 0 aromatic carbocycles. The molecule has 0 atom stereocenters. The van der Waals surface area contributed by atoms with E-state index in [1.165, 1.54) is 5.69 Å². The Morgan fingerprint density at radius 1 is 1.50 bits per heavy atom. The summed E-state index contributed by atoms with van der Waals surface area (Å²) in [5.74, 6) is 0. The van der Waals surface area contributed by atoms with Gasteiger partial charge in [0.05, 0.1) is 11.2 Å². The standard InChI is InChI=1S/C9H17N3/c1-7-6-8(11-12(7)5)9(2,3)10-4/h6,10H,1-5H3. The van der Waals surface area contributed by atoms with Crippen molar-refractivity contribution in [2.24, 2.45) is 7.05 Å². The second kappa shape index (κ2) is 2.90. The molecule has 0 unspecified atom stereocenters. The van der Waals surface area contributed by atoms with Crippen LogP contribution < -0.4 is 5.32 Å². The Morgan fingerprint density at radius 3 is 2.42 bits per heavy atom. The van der Waals surface area contributed by atoms with E-state index in [4.69, 9.17) is 0 Å². The summed E-state index contributed by atoms with van der Waals surface area (Å²) in [7, 11) is 3.91. The van der Waals surface area contributed by atoms with Crippen molar-refractivity contribution in [2.75, 3.05) is 7.05 Å². The molecule has 0 aliphatic heterocycles. The Bertz CT molecular complexity index is 254. The molecule has 1 N–H and O–H groups in total. The first-order valence-electron chi connectivity index (χ1n) is 4.17. The first kappa shape index (κ1) is 9.26. The Labute approximate surface area is 73.8 Å². The molecule has 0 bridgehead atoms. The van der Waals surface area contributed by atoms with E-state index in [-0.39, 0.29) is 5.54 Å². The largest absolute Gasteiger partial charge is 0.310 e. The van der Waals surface area contributed by atoms with Gasteiger partial charge in [-0.3, -0.25) is 4.68 Å². The molecule has 0 aliphatic carbocycles. The number of aryl methyl sites for hydroxylation is 2. The van der Waals surface area contributed by atoms with Crippen LogP contribution in [0.2, 0.25) is 0 Å². The van der Waals surface area contributed by atoms with Gasteiger partial charge in [-0.15, -0.1) is 0 Å². The van der Waals surface area contributed by atoms with Crippen LogP contribution in [0.1, 0.15) is 25.2 Å². The fourth-order valence-corrected chi connectivity index (χ4v) is 0.994. The molecule has 0 radical (unpaired) electrons. The molecule has 0 spiro atoms. The number of nitrogens with zero attached hydrogens (tertiary/aromatic N) is 2. The van der Waals surface area contributed by atoms with E-state index in [2.05, 4.69) is 37.3 Å². The molecule has 0 aliphatic rings. The van der Waals surface area contributed by atoms with Crippen LogP contribution in [0.3, 0.4) is 0 Å². The summed E-state index contributed by atoms with van der Waals surface area (Å²) in [5.41, 5.74) is 2.24. The van der Waals surface area contributed by atoms with Crippen molar-refractivity contribution in [2.45, 2.75) is 26.3 Å². The first-order valence-corrected chi connectivity index (χ1v) is 4.17. The third-order valence-electron chi connectivity index (χ3n) is 2.38. The summed E-state index contributed by atoms with van der Waals surface area (Å²) >= 11 is 0. The van der Waals surface area contributed by atoms with Gasteiger partial charge in [0, 0.05) is 12.7 Å². The Balaban J connectivity index is 3.04. The zero-order valence-electron chi connectivity index (χ0n) is 8.47. The molecule has 0 saturated carbocycles. The second-order valence-electron chi connectivity index (χ2n) is 3.67. The molecule has 0 fully saturated rings. The lowest BCUT2D eigenvalue weighted by molar-refractivity contribution is 0.426. The van der Waals surface area contributed by atoms with E-state index >= 15 is 0 Å². The van der Waals surface area contributed by atoms with Crippen LogP contribution in [0.25, 0.3) is 0 Å². The van der Waals surface area contributed by atoms with Gasteiger partial charge in [0.15, 0.2) is 0 Å². The van der Waals surface area contributed by atoms with Crippen LogP contribution in [-0.2, 0) is 12.6 Å². The molecule has 1 heterocycles. The molecule has 1 aromatic heterocycles. The lowest BCUT2D eigenvalue weighted by Crippen LogP contribution is -2.33. The Hall–Kier alpha value is -0.830. The molecule has 1 aromatic rings. The molecule has 0 saturated heterocycles. The topological polar surface area (TPSA) is 29.9 Å². The fraction of sp³-hybridized carbons (Fsp3) is 0.667. The lowest BCUT2D eigenvalue weighted by atomic mass is 10.0. The highest BCUT2D eigenvalue weighted by Crippen LogP contribution is 2.17. The number of aromatic nitrogens is 2. The minimum absolute atomic E-state index is 0.0357. The van der Waals surface area contributed by atoms with Crippen LogP contribution in [0.4, 0.5) is 0 Å². The maximum absolute atomic E-state index is 4.41. The van der Waals surface area contributed by atoms with Crippen molar-refractivity contribution < 1.29 is 0 Å². The molecular weight excluding hydrogens is 150 g/mol. The summed E-state index contributed by atoms with van der Waals surface area (Å²) in [6, 6.07) is 2.11. The Kier molecular flexibility index (Phi) is 2.24. The second-order valence-corrected chi connectivity index (χ2v) is 3.67. The average Bonchev–Trinajstić information content (AvgIpc) is 2.33. The summed E-state index contributed by atoms with van der Waals surface area (Å²) in [5, 5.41) is 7.63. The van der Waals surface area contributed by atoms with Gasteiger partial charge in [-0.2, -0.15) is 5.10 Å². The Morgan fingerprint density at radius 2 is 2.08 bits per heavy atom. The summed E-state index contributed by atoms with van der Waals surface area (Å²) < 4.78 is 1.90. The molecule has 12 heavy (non-hydrogen) atoms. The molecule has 0 amide bonds. The lowest BCUT2D eigenvalue weighted by Gasteiger charge is -2.20. The highest BCUT2D eigenvalue weighted by molar-refractivity contribution is 5.16. The van der Waals surface area contributed by atoms with Gasteiger partial charge in [0.1, 0.15) is 0 Å². The van der Waals surface area contributed by atoms with Crippen LogP contribution in [-0.4, -0.2) is 16.8 Å². The minimum Gasteiger partial charge on any atom is -0.310 e. The molecule has 1 rings (SSSR count). The van der Waals surface area contributed by atoms with E-state index in [9.17, 15) is 0 Å². The molecule has 3 heteroatoms. The van der Waals surface area contributed by atoms with Crippen molar-refractivity contribution in [3.05, 3.63) is 17.5 Å². The van der Waals surface area contributed by atoms with Crippen LogP contribution >= 0.6 is 0 Å². The van der Waals surface area contributed by atoms with E-state index in [0.29, 0.717) is 0 Å². The van der Waals surface area contributed by atoms with Gasteiger partial charge in [-0.1, -0.05) is 0 Å². The van der Waals surface area contributed by atoms with Crippen LogP contribution in [0.15, 0.2) is 6.07 Å². The summed E-state index contributed by atoms with van der Waals surface area (Å²) in [6.07, 6.45) is 0. The SMILES string of the molecule is CNC(C)(C)c1cc(C)n(C)n1. The molecule has 68 valence electrons. The predicted molar refractivity (Wildman–Crippen MR) is 50.0 cm³/mol. The minimum atomic E-state index is -0.0357. The van der Waals surface area contributed by atoms with Crippen LogP contribution in [0, 0.1) is 6.92 Å². The number of rotatable bonds is 2. The quantitative estimate of drug-likeness (QED) is 0.717. The third kappa shape index (κ3) is 1.50. The van der Waals surface area contributed by atoms with Crippen molar-refractivity contribution in [1.29, 1.82) is 0 Å². The van der Waals surface area contributed by atoms with Gasteiger partial charge in [0.2, 0.25) is 0 Å². The van der Waals surface area contributed by atoms with E-state index in [0.717, 1.165) is 5.69 Å². The van der Waals surface area contributed by atoms with Crippen LogP contribution in [0.5, 0.6) is 0 Å². The molecular formula is C9H17N3. The van der Waals surface area contributed by atoms with E-state index in [1.54, 1.807) is 0 Å². The van der Waals surface area contributed by atoms with Crippen molar-refractivity contribution in [1.82, 2.24) is 15.1 Å². The highest BCUT2D eigenvalue weighted by Gasteiger charge is 2.21. The van der Waals surface area contributed by atoms with Crippen molar-refractivity contribution in [3.63, 3.8) is 0 Å². The van der Waals surface area contributed by atoms with Gasteiger partial charge in [-0.05, 0) is 33.9 Å². The summed E-state index contributed by atoms with van der Waals surface area (Å²) in [4.78, 5) is 0. The van der Waals surface area contributed by atoms with Gasteiger partial charge in [0.25, 0.3) is 0 Å². The van der Waals surface area contributed by atoms with Gasteiger partial charge in [-0.25, -0.2) is 0 Å². The third-order valence-corrected chi connectivity index (χ3v) is 2.38. The molecule has 3 nitrogen and oxygen atoms in total. The first-order chi connectivity index (χ1) is 5.47. The zero-order valence-corrected chi connectivity index (χ0v) is 8.47. The van der Waals surface area contributed by atoms with Gasteiger partial charge >= 0.3 is 0 Å². The van der Waals surface area contributed by atoms with Crippen molar-refractivity contribution >= 4 is 0 Å². The highest BCUT2D eigenvalue weighted by atomic mass is 15.3.